The van der Waals surface area contributed by atoms with Crippen LogP contribution in [0.3, 0.4) is 0 Å². The normalized spacial score (nSPS) is 26.4. The number of hydrogen-bond donors (Lipinski definition) is 1. The molecule has 29 heavy (non-hydrogen) atoms. The number of halogens is 1. The number of amides is 1. The number of carbonyl (C=O) groups excluding carboxylic acids is 1. The van der Waals surface area contributed by atoms with E-state index in [9.17, 15) is 19.3 Å². The first kappa shape index (κ1) is 21.5. The number of benzene rings is 1. The molecule has 1 aromatic carbocycles. The summed E-state index contributed by atoms with van der Waals surface area (Å²) < 4.78 is 26.0. The van der Waals surface area contributed by atoms with Crippen LogP contribution in [0.15, 0.2) is 23.2 Å². The molecule has 2 heterocycles. The molecule has 0 spiro atoms. The summed E-state index contributed by atoms with van der Waals surface area (Å²) in [4.78, 5) is 27.5. The number of rotatable bonds is 3. The third-order valence-electron chi connectivity index (χ3n) is 4.92. The number of amidine groups is 1. The van der Waals surface area contributed by atoms with Crippen molar-refractivity contribution in [2.45, 2.75) is 51.4 Å². The van der Waals surface area contributed by atoms with Crippen LogP contribution in [-0.2, 0) is 15.0 Å². The van der Waals surface area contributed by atoms with Gasteiger partial charge in [0.05, 0.1) is 17.6 Å². The van der Waals surface area contributed by atoms with Crippen molar-refractivity contribution in [1.82, 2.24) is 5.32 Å². The highest BCUT2D eigenvalue weighted by atomic mass is 32.2. The molecule has 3 rings (SSSR count). The number of nitrogens with one attached hydrogen (secondary N) is 1. The molecule has 2 aliphatic heterocycles. The summed E-state index contributed by atoms with van der Waals surface area (Å²) in [6, 6.07) is 3.42. The predicted octanol–water partition coefficient (Wildman–Crippen LogP) is 3.98. The second-order valence-electron chi connectivity index (χ2n) is 8.06. The van der Waals surface area contributed by atoms with E-state index in [1.807, 2.05) is 6.92 Å². The van der Waals surface area contributed by atoms with Crippen molar-refractivity contribution in [3.8, 4) is 0 Å². The van der Waals surface area contributed by atoms with Crippen molar-refractivity contribution < 1.29 is 23.6 Å². The van der Waals surface area contributed by atoms with Crippen LogP contribution in [0.1, 0.15) is 39.7 Å². The topological polar surface area (TPSA) is 103 Å². The maximum Gasteiger partial charge on any atom is 0.413 e. The predicted molar refractivity (Wildman–Crippen MR) is 108 cm³/mol. The molecule has 0 unspecified atom stereocenters. The molecule has 8 nitrogen and oxygen atoms in total. The van der Waals surface area contributed by atoms with Crippen LogP contribution in [0.2, 0.25) is 0 Å². The highest BCUT2D eigenvalue weighted by molar-refractivity contribution is 8.13. The smallest absolute Gasteiger partial charge is 0.413 e. The third kappa shape index (κ3) is 4.37. The Bertz CT molecular complexity index is 857. The van der Waals surface area contributed by atoms with E-state index >= 15 is 0 Å². The number of non-ortho nitro benzene ring substituents is 1. The average molecular weight is 425 g/mol. The molecule has 1 fully saturated rings. The fraction of sp³-hybridized carbons (Fsp3) is 0.579. The van der Waals surface area contributed by atoms with Gasteiger partial charge in [0.25, 0.3) is 5.69 Å². The second-order valence-corrected chi connectivity index (χ2v) is 9.07. The fourth-order valence-electron chi connectivity index (χ4n) is 3.66. The summed E-state index contributed by atoms with van der Waals surface area (Å²) in [5, 5.41) is 14.1. The van der Waals surface area contributed by atoms with Gasteiger partial charge in [0.15, 0.2) is 5.17 Å². The van der Waals surface area contributed by atoms with E-state index in [2.05, 4.69) is 10.3 Å². The molecule has 0 aliphatic carbocycles. The summed E-state index contributed by atoms with van der Waals surface area (Å²) in [6.45, 7) is 7.28. The van der Waals surface area contributed by atoms with Gasteiger partial charge in [-0.25, -0.2) is 14.2 Å². The minimum Gasteiger partial charge on any atom is -0.444 e. The van der Waals surface area contributed by atoms with Gasteiger partial charge in [-0.3, -0.25) is 15.4 Å². The number of alkyl carbamates (subject to hydrolysis) is 1. The molecule has 1 N–H and O–H groups in total. The van der Waals surface area contributed by atoms with Gasteiger partial charge in [0.2, 0.25) is 0 Å². The van der Waals surface area contributed by atoms with Gasteiger partial charge in [0, 0.05) is 29.4 Å². The van der Waals surface area contributed by atoms with E-state index < -0.39 is 28.0 Å². The number of carbonyl (C=O) groups is 1. The minimum atomic E-state index is -1.15. The largest absolute Gasteiger partial charge is 0.444 e. The van der Waals surface area contributed by atoms with E-state index in [-0.39, 0.29) is 35.0 Å². The highest BCUT2D eigenvalue weighted by Crippen LogP contribution is 2.49. The zero-order chi connectivity index (χ0) is 21.4. The van der Waals surface area contributed by atoms with Crippen LogP contribution in [0, 0.1) is 21.8 Å². The molecule has 10 heteroatoms. The molecule has 1 amide bonds. The average Bonchev–Trinajstić information content (AvgIpc) is 2.98. The highest BCUT2D eigenvalue weighted by Gasteiger charge is 2.54. The Kier molecular flexibility index (Phi) is 5.86. The van der Waals surface area contributed by atoms with Gasteiger partial charge < -0.3 is 9.47 Å². The van der Waals surface area contributed by atoms with Gasteiger partial charge in [0.1, 0.15) is 17.0 Å². The monoisotopic (exact) mass is 425 g/mol. The Morgan fingerprint density at radius 1 is 1.52 bits per heavy atom. The number of fused-ring (bicyclic) bond motifs is 1. The number of nitrogens with zero attached hydrogens (tertiary/aromatic N) is 2. The van der Waals surface area contributed by atoms with Crippen LogP contribution in [0.4, 0.5) is 14.9 Å². The maximum atomic E-state index is 14.8. The standard InChI is InChI=1S/C19H24FN3O5S/c1-5-15-13-9-29-16(21-17(24)28-18(2,3)4)22-19(13,10-27-15)12-8-11(23(25)26)6-7-14(12)20/h6-8,13,15H,5,9-10H2,1-4H3,(H,21,22,24)/t13-,15+,19+/m1/s1. The molecule has 3 atom stereocenters. The molecule has 0 saturated carbocycles. The fourth-order valence-corrected chi connectivity index (χ4v) is 4.87. The number of ether oxygens (including phenoxy) is 2. The first-order valence-electron chi connectivity index (χ1n) is 9.34. The van der Waals surface area contributed by atoms with E-state index in [1.54, 1.807) is 20.8 Å². The van der Waals surface area contributed by atoms with Crippen molar-refractivity contribution in [3.05, 3.63) is 39.7 Å². The van der Waals surface area contributed by atoms with Crippen LogP contribution >= 0.6 is 11.8 Å². The molecule has 0 radical (unpaired) electrons. The molecule has 0 bridgehead atoms. The summed E-state index contributed by atoms with van der Waals surface area (Å²) in [5.74, 6) is -0.249. The lowest BCUT2D eigenvalue weighted by Gasteiger charge is -2.36. The van der Waals surface area contributed by atoms with Crippen LogP contribution in [-0.4, -0.2) is 40.2 Å². The lowest BCUT2D eigenvalue weighted by atomic mass is 9.78. The molecule has 1 aromatic rings. The molecular formula is C19H24FN3O5S. The van der Waals surface area contributed by atoms with E-state index in [0.29, 0.717) is 12.2 Å². The quantitative estimate of drug-likeness (QED) is 0.580. The van der Waals surface area contributed by atoms with Crippen molar-refractivity contribution in [3.63, 3.8) is 0 Å². The van der Waals surface area contributed by atoms with Crippen molar-refractivity contribution >= 4 is 28.7 Å². The Morgan fingerprint density at radius 2 is 2.24 bits per heavy atom. The Morgan fingerprint density at radius 3 is 2.86 bits per heavy atom. The number of aliphatic imine (C=N–C) groups is 1. The van der Waals surface area contributed by atoms with Crippen LogP contribution in [0.25, 0.3) is 0 Å². The maximum absolute atomic E-state index is 14.8. The third-order valence-corrected chi connectivity index (χ3v) is 5.91. The number of hydrogen-bond acceptors (Lipinski definition) is 7. The molecule has 1 saturated heterocycles. The van der Waals surface area contributed by atoms with Crippen molar-refractivity contribution in [1.29, 1.82) is 0 Å². The van der Waals surface area contributed by atoms with Gasteiger partial charge in [-0.15, -0.1) is 0 Å². The lowest BCUT2D eigenvalue weighted by Crippen LogP contribution is -2.45. The number of nitro benzene ring substituents is 1. The van der Waals surface area contributed by atoms with Crippen molar-refractivity contribution in [2.75, 3.05) is 12.4 Å². The summed E-state index contributed by atoms with van der Waals surface area (Å²) >= 11 is 1.32. The summed E-state index contributed by atoms with van der Waals surface area (Å²) in [7, 11) is 0. The Labute approximate surface area is 172 Å². The Balaban J connectivity index is 2.02. The van der Waals surface area contributed by atoms with Gasteiger partial charge >= 0.3 is 6.09 Å². The minimum absolute atomic E-state index is 0.0777. The zero-order valence-corrected chi connectivity index (χ0v) is 17.5. The van der Waals surface area contributed by atoms with Crippen LogP contribution in [0.5, 0.6) is 0 Å². The first-order chi connectivity index (χ1) is 13.6. The van der Waals surface area contributed by atoms with E-state index in [0.717, 1.165) is 12.1 Å². The molecular weight excluding hydrogens is 401 g/mol. The van der Waals surface area contributed by atoms with Gasteiger partial charge in [-0.1, -0.05) is 18.7 Å². The molecule has 0 aromatic heterocycles. The van der Waals surface area contributed by atoms with E-state index in [4.69, 9.17) is 9.47 Å². The summed E-state index contributed by atoms with van der Waals surface area (Å²) in [5.41, 5.74) is -1.94. The van der Waals surface area contributed by atoms with Gasteiger partial charge in [-0.2, -0.15) is 0 Å². The summed E-state index contributed by atoms with van der Waals surface area (Å²) in [6.07, 6.45) is -0.121. The lowest BCUT2D eigenvalue weighted by molar-refractivity contribution is -0.385. The zero-order valence-electron chi connectivity index (χ0n) is 16.7. The second kappa shape index (κ2) is 7.91. The SMILES string of the molecule is CC[C@@H]1OC[C@@]2(c3cc([N+](=O)[O-])ccc3F)N=C(NC(=O)OC(C)(C)C)SC[C@H]12. The molecule has 2 aliphatic rings. The Hall–Kier alpha value is -2.20. The first-order valence-corrected chi connectivity index (χ1v) is 10.3. The van der Waals surface area contributed by atoms with Crippen molar-refractivity contribution in [2.24, 2.45) is 10.9 Å². The van der Waals surface area contributed by atoms with Gasteiger partial charge in [-0.05, 0) is 33.3 Å². The van der Waals surface area contributed by atoms with Crippen LogP contribution < -0.4 is 5.32 Å². The number of nitro groups is 1. The van der Waals surface area contributed by atoms with E-state index in [1.165, 1.54) is 17.8 Å². The number of thioether (sulfide) groups is 1. The molecule has 158 valence electrons.